The number of aromatic nitrogens is 4. The molecule has 4 rings (SSSR count). The first-order valence-electron chi connectivity index (χ1n) is 9.23. The fourth-order valence-corrected chi connectivity index (χ4v) is 4.42. The summed E-state index contributed by atoms with van der Waals surface area (Å²) >= 11 is 1.38. The number of amides is 1. The van der Waals surface area contributed by atoms with Crippen LogP contribution in [0.3, 0.4) is 0 Å². The third kappa shape index (κ3) is 3.05. The van der Waals surface area contributed by atoms with Gasteiger partial charge in [-0.25, -0.2) is 4.98 Å². The molecule has 0 N–H and O–H groups in total. The number of likely N-dealkylation sites (tertiary alicyclic amines) is 1. The van der Waals surface area contributed by atoms with Crippen molar-refractivity contribution in [2.75, 3.05) is 12.3 Å². The highest BCUT2D eigenvalue weighted by Gasteiger charge is 2.23. The molecule has 0 bridgehead atoms. The van der Waals surface area contributed by atoms with Gasteiger partial charge in [-0.3, -0.25) is 4.79 Å². The van der Waals surface area contributed by atoms with E-state index in [0.717, 1.165) is 48.0 Å². The van der Waals surface area contributed by atoms with Crippen LogP contribution in [-0.4, -0.2) is 48.9 Å². The molecule has 6 nitrogen and oxygen atoms in total. The maximum Gasteiger partial charge on any atom is 0.233 e. The third-order valence-corrected chi connectivity index (χ3v) is 5.94. The van der Waals surface area contributed by atoms with Gasteiger partial charge in [-0.15, -0.1) is 10.2 Å². The number of carbonyl (C=O) groups excluding carboxylic acids is 1. The van der Waals surface area contributed by atoms with Gasteiger partial charge in [-0.2, -0.15) is 0 Å². The molecule has 1 amide bonds. The first-order chi connectivity index (χ1) is 12.7. The normalized spacial score (nSPS) is 17.9. The van der Waals surface area contributed by atoms with E-state index in [1.54, 1.807) is 0 Å². The monoisotopic (exact) mass is 369 g/mol. The van der Waals surface area contributed by atoms with Gasteiger partial charge in [-0.05, 0) is 39.2 Å². The number of rotatable bonds is 4. The zero-order valence-corrected chi connectivity index (χ0v) is 16.0. The molecule has 0 spiro atoms. The number of thioether (sulfide) groups is 1. The molecule has 2 aromatic heterocycles. The van der Waals surface area contributed by atoms with E-state index < -0.39 is 0 Å². The van der Waals surface area contributed by atoms with Gasteiger partial charge in [-0.1, -0.05) is 30.0 Å². The van der Waals surface area contributed by atoms with Crippen LogP contribution in [0, 0.1) is 0 Å². The number of nitrogens with zero attached hydrogens (tertiary/aromatic N) is 5. The summed E-state index contributed by atoms with van der Waals surface area (Å²) in [7, 11) is 0. The number of hydrogen-bond donors (Lipinski definition) is 0. The Morgan fingerprint density at radius 1 is 1.27 bits per heavy atom. The highest BCUT2D eigenvalue weighted by Crippen LogP contribution is 2.27. The zero-order chi connectivity index (χ0) is 18.1. The number of piperidine rings is 1. The quantitative estimate of drug-likeness (QED) is 0.659. The summed E-state index contributed by atoms with van der Waals surface area (Å²) in [5.74, 6) is 0.533. The second-order valence-electron chi connectivity index (χ2n) is 6.75. The average molecular weight is 369 g/mol. The van der Waals surface area contributed by atoms with Crippen molar-refractivity contribution in [1.82, 2.24) is 24.6 Å². The maximum absolute atomic E-state index is 12.5. The Morgan fingerprint density at radius 3 is 2.92 bits per heavy atom. The second-order valence-corrected chi connectivity index (χ2v) is 7.69. The molecule has 26 heavy (non-hydrogen) atoms. The lowest BCUT2D eigenvalue weighted by atomic mass is 10.0. The van der Waals surface area contributed by atoms with Crippen LogP contribution >= 0.6 is 11.8 Å². The number of benzene rings is 1. The van der Waals surface area contributed by atoms with Crippen molar-refractivity contribution in [3.8, 4) is 0 Å². The van der Waals surface area contributed by atoms with E-state index in [0.29, 0.717) is 17.0 Å². The van der Waals surface area contributed by atoms with E-state index in [2.05, 4.69) is 34.7 Å². The first-order valence-corrected chi connectivity index (χ1v) is 10.2. The summed E-state index contributed by atoms with van der Waals surface area (Å²) in [6.45, 7) is 5.91. The second kappa shape index (κ2) is 7.23. The number of hydrogen-bond acceptors (Lipinski definition) is 5. The van der Waals surface area contributed by atoms with Gasteiger partial charge in [0.15, 0.2) is 5.65 Å². The van der Waals surface area contributed by atoms with Gasteiger partial charge in [0, 0.05) is 24.5 Å². The molecule has 0 unspecified atom stereocenters. The molecule has 0 aliphatic carbocycles. The number of fused-ring (bicyclic) bond motifs is 3. The predicted octanol–water partition coefficient (Wildman–Crippen LogP) is 3.49. The molecule has 3 aromatic rings. The van der Waals surface area contributed by atoms with Gasteiger partial charge >= 0.3 is 0 Å². The highest BCUT2D eigenvalue weighted by atomic mass is 32.2. The van der Waals surface area contributed by atoms with Crippen LogP contribution in [0.15, 0.2) is 29.4 Å². The lowest BCUT2D eigenvalue weighted by Gasteiger charge is -2.33. The Hall–Kier alpha value is -2.15. The van der Waals surface area contributed by atoms with Crippen molar-refractivity contribution in [1.29, 1.82) is 0 Å². The van der Waals surface area contributed by atoms with E-state index in [9.17, 15) is 4.79 Å². The summed E-state index contributed by atoms with van der Waals surface area (Å²) in [5, 5.41) is 10.3. The molecule has 3 heterocycles. The minimum absolute atomic E-state index is 0.168. The third-order valence-electron chi connectivity index (χ3n) is 5.12. The van der Waals surface area contributed by atoms with Crippen molar-refractivity contribution in [3.63, 3.8) is 0 Å². The van der Waals surface area contributed by atoms with Gasteiger partial charge in [0.1, 0.15) is 5.52 Å². The summed E-state index contributed by atoms with van der Waals surface area (Å²) in [6.07, 6.45) is 3.40. The molecule has 1 aromatic carbocycles. The Kier molecular flexibility index (Phi) is 4.80. The Labute approximate surface area is 157 Å². The largest absolute Gasteiger partial charge is 0.339 e. The van der Waals surface area contributed by atoms with Crippen molar-refractivity contribution < 1.29 is 4.79 Å². The van der Waals surface area contributed by atoms with Crippen LogP contribution < -0.4 is 0 Å². The molecule has 0 radical (unpaired) electrons. The molecular formula is C19H23N5OS. The predicted molar refractivity (Wildman–Crippen MR) is 104 cm³/mol. The standard InChI is InChI=1S/C19H23N5OS/c1-3-23-15-10-5-4-9-14(15)17-18(23)20-19(22-21-17)26-12-16(25)24-11-7-6-8-13(24)2/h4-5,9-10,13H,3,6-8,11-12H2,1-2H3/t13-/m1/s1. The molecule has 1 saturated heterocycles. The van der Waals surface area contributed by atoms with E-state index in [1.807, 2.05) is 23.1 Å². The van der Waals surface area contributed by atoms with Crippen molar-refractivity contribution in [3.05, 3.63) is 24.3 Å². The maximum atomic E-state index is 12.5. The summed E-state index contributed by atoms with van der Waals surface area (Å²) in [4.78, 5) is 19.2. The number of aryl methyl sites for hydroxylation is 1. The van der Waals surface area contributed by atoms with Crippen molar-refractivity contribution in [2.24, 2.45) is 0 Å². The average Bonchev–Trinajstić information content (AvgIpc) is 2.99. The lowest BCUT2D eigenvalue weighted by molar-refractivity contribution is -0.131. The van der Waals surface area contributed by atoms with Crippen LogP contribution in [-0.2, 0) is 11.3 Å². The van der Waals surface area contributed by atoms with Crippen LogP contribution in [0.4, 0.5) is 0 Å². The highest BCUT2D eigenvalue weighted by molar-refractivity contribution is 7.99. The van der Waals surface area contributed by atoms with Gasteiger partial charge in [0.2, 0.25) is 11.1 Å². The Balaban J connectivity index is 1.57. The summed E-state index contributed by atoms with van der Waals surface area (Å²) < 4.78 is 2.15. The van der Waals surface area contributed by atoms with Crippen LogP contribution in [0.25, 0.3) is 22.1 Å². The van der Waals surface area contributed by atoms with Crippen LogP contribution in [0.5, 0.6) is 0 Å². The Morgan fingerprint density at radius 2 is 2.12 bits per heavy atom. The van der Waals surface area contributed by atoms with E-state index in [-0.39, 0.29) is 5.91 Å². The topological polar surface area (TPSA) is 63.9 Å². The zero-order valence-electron chi connectivity index (χ0n) is 15.2. The van der Waals surface area contributed by atoms with Gasteiger partial charge in [0.05, 0.1) is 11.3 Å². The minimum Gasteiger partial charge on any atom is -0.339 e. The van der Waals surface area contributed by atoms with Crippen LogP contribution in [0.1, 0.15) is 33.1 Å². The SMILES string of the molecule is CCn1c2ccccc2c2nnc(SCC(=O)N3CCCC[C@H]3C)nc21. The molecule has 1 fully saturated rings. The molecule has 1 atom stereocenters. The van der Waals surface area contributed by atoms with Crippen molar-refractivity contribution in [2.45, 2.75) is 50.9 Å². The van der Waals surface area contributed by atoms with E-state index in [1.165, 1.54) is 18.2 Å². The molecule has 1 aliphatic rings. The molecule has 0 saturated carbocycles. The molecule has 1 aliphatic heterocycles. The lowest BCUT2D eigenvalue weighted by Crippen LogP contribution is -2.42. The summed E-state index contributed by atoms with van der Waals surface area (Å²) in [6, 6.07) is 8.49. The summed E-state index contributed by atoms with van der Waals surface area (Å²) in [5.41, 5.74) is 2.78. The fourth-order valence-electron chi connectivity index (χ4n) is 3.75. The van der Waals surface area contributed by atoms with Crippen molar-refractivity contribution >= 4 is 39.7 Å². The smallest absolute Gasteiger partial charge is 0.233 e. The number of para-hydroxylation sites is 1. The Bertz CT molecular complexity index is 954. The molecular weight excluding hydrogens is 346 g/mol. The van der Waals surface area contributed by atoms with E-state index in [4.69, 9.17) is 4.98 Å². The van der Waals surface area contributed by atoms with E-state index >= 15 is 0 Å². The minimum atomic E-state index is 0.168. The molecule has 7 heteroatoms. The van der Waals surface area contributed by atoms with Crippen LogP contribution in [0.2, 0.25) is 0 Å². The fraction of sp³-hybridized carbons (Fsp3) is 0.474. The van der Waals surface area contributed by atoms with Gasteiger partial charge < -0.3 is 9.47 Å². The number of carbonyl (C=O) groups is 1. The molecule has 136 valence electrons. The van der Waals surface area contributed by atoms with Gasteiger partial charge in [0.25, 0.3) is 0 Å². The first kappa shape index (κ1) is 17.3.